The molecule has 1 aromatic carbocycles. The molecule has 1 saturated heterocycles. The summed E-state index contributed by atoms with van der Waals surface area (Å²) < 4.78 is 15.9. The van der Waals surface area contributed by atoms with Crippen molar-refractivity contribution >= 4 is 11.6 Å². The van der Waals surface area contributed by atoms with Crippen LogP contribution in [0.4, 0.5) is 5.69 Å². The van der Waals surface area contributed by atoms with Gasteiger partial charge in [-0.2, -0.15) is 0 Å². The summed E-state index contributed by atoms with van der Waals surface area (Å²) in [6.45, 7) is 4.44. The van der Waals surface area contributed by atoms with Gasteiger partial charge in [0.15, 0.2) is 11.5 Å². The molecule has 1 aromatic rings. The van der Waals surface area contributed by atoms with Crippen molar-refractivity contribution in [1.29, 1.82) is 0 Å². The number of hydrogen-bond acceptors (Lipinski definition) is 5. The number of hydrogen-bond donors (Lipinski definition) is 2. The second-order valence-electron chi connectivity index (χ2n) is 5.90. The molecule has 3 N–H and O–H groups in total. The summed E-state index contributed by atoms with van der Waals surface area (Å²) >= 11 is 0. The first-order valence-electron chi connectivity index (χ1n) is 7.12. The fraction of sp³-hybridized carbons (Fsp3) is 0.533. The third-order valence-electron chi connectivity index (χ3n) is 4.16. The molecule has 0 radical (unpaired) electrons. The van der Waals surface area contributed by atoms with Crippen molar-refractivity contribution in [3.63, 3.8) is 0 Å². The van der Waals surface area contributed by atoms with Gasteiger partial charge in [0.2, 0.25) is 6.79 Å². The first kappa shape index (κ1) is 14.0. The van der Waals surface area contributed by atoms with Crippen LogP contribution in [0.2, 0.25) is 0 Å². The molecule has 0 bridgehead atoms. The molecule has 0 saturated carbocycles. The van der Waals surface area contributed by atoms with Gasteiger partial charge in [-0.1, -0.05) is 6.92 Å². The highest BCUT2D eigenvalue weighted by molar-refractivity contribution is 6.00. The molecule has 3 rings (SSSR count). The van der Waals surface area contributed by atoms with E-state index in [9.17, 15) is 4.79 Å². The highest BCUT2D eigenvalue weighted by Crippen LogP contribution is 2.36. The van der Waals surface area contributed by atoms with Gasteiger partial charge in [0.05, 0.1) is 5.56 Å². The van der Waals surface area contributed by atoms with E-state index in [0.29, 0.717) is 29.3 Å². The Morgan fingerprint density at radius 1 is 1.29 bits per heavy atom. The summed E-state index contributed by atoms with van der Waals surface area (Å²) in [6, 6.07) is 3.27. The monoisotopic (exact) mass is 292 g/mol. The Labute approximate surface area is 123 Å². The number of nitrogens with two attached hydrogens (primary N) is 1. The van der Waals surface area contributed by atoms with Gasteiger partial charge in [0, 0.05) is 31.5 Å². The van der Waals surface area contributed by atoms with Crippen molar-refractivity contribution in [3.05, 3.63) is 17.7 Å². The van der Waals surface area contributed by atoms with Crippen molar-refractivity contribution in [2.75, 3.05) is 32.3 Å². The number of nitrogens with one attached hydrogen (secondary N) is 1. The van der Waals surface area contributed by atoms with E-state index in [4.69, 9.17) is 19.9 Å². The van der Waals surface area contributed by atoms with Crippen LogP contribution in [-0.4, -0.2) is 32.5 Å². The Kier molecular flexibility index (Phi) is 3.63. The lowest BCUT2D eigenvalue weighted by atomic mass is 9.82. The number of amides is 1. The van der Waals surface area contributed by atoms with Gasteiger partial charge in [-0.05, 0) is 24.3 Å². The maximum atomic E-state index is 12.3. The molecule has 0 atom stereocenters. The smallest absolute Gasteiger partial charge is 0.253 e. The number of rotatable bonds is 3. The average Bonchev–Trinajstić information content (AvgIpc) is 2.92. The highest BCUT2D eigenvalue weighted by Gasteiger charge is 2.28. The Bertz CT molecular complexity index is 553. The molecular formula is C15H20N2O4. The van der Waals surface area contributed by atoms with Gasteiger partial charge in [0.25, 0.3) is 5.91 Å². The molecule has 2 aliphatic heterocycles. The Morgan fingerprint density at radius 3 is 2.67 bits per heavy atom. The van der Waals surface area contributed by atoms with E-state index in [-0.39, 0.29) is 18.1 Å². The first-order chi connectivity index (χ1) is 10.1. The topological polar surface area (TPSA) is 82.8 Å². The third-order valence-corrected chi connectivity index (χ3v) is 4.16. The molecule has 0 aromatic heterocycles. The second-order valence-corrected chi connectivity index (χ2v) is 5.90. The lowest BCUT2D eigenvalue weighted by molar-refractivity contribution is 0.0238. The standard InChI is InChI=1S/C15H20N2O4/c1-15(2-4-19-5-3-15)8-17-14(18)10-6-12-13(7-11(10)16)21-9-20-12/h6-7H,2-5,8-9,16H2,1H3,(H,17,18). The Morgan fingerprint density at radius 2 is 1.95 bits per heavy atom. The molecule has 6 heteroatoms. The maximum Gasteiger partial charge on any atom is 0.253 e. The fourth-order valence-corrected chi connectivity index (χ4v) is 2.58. The minimum atomic E-state index is -0.182. The predicted octanol–water partition coefficient (Wildman–Crippen LogP) is 1.54. The van der Waals surface area contributed by atoms with E-state index in [2.05, 4.69) is 12.2 Å². The molecular weight excluding hydrogens is 272 g/mol. The van der Waals surface area contributed by atoms with Gasteiger partial charge in [-0.3, -0.25) is 4.79 Å². The number of fused-ring (bicyclic) bond motifs is 1. The van der Waals surface area contributed by atoms with Crippen LogP contribution in [-0.2, 0) is 4.74 Å². The predicted molar refractivity (Wildman–Crippen MR) is 77.5 cm³/mol. The number of ether oxygens (including phenoxy) is 3. The molecule has 0 unspecified atom stereocenters. The normalized spacial score (nSPS) is 19.3. The van der Waals surface area contributed by atoms with Crippen LogP contribution in [0.1, 0.15) is 30.1 Å². The SMILES string of the molecule is CC1(CNC(=O)c2cc3c(cc2N)OCO3)CCOCC1. The average molecular weight is 292 g/mol. The summed E-state index contributed by atoms with van der Waals surface area (Å²) in [5, 5.41) is 2.97. The molecule has 0 spiro atoms. The molecule has 2 heterocycles. The Balaban J connectivity index is 1.68. The summed E-state index contributed by atoms with van der Waals surface area (Å²) in [4.78, 5) is 12.3. The van der Waals surface area contributed by atoms with Crippen molar-refractivity contribution in [2.45, 2.75) is 19.8 Å². The third kappa shape index (κ3) is 2.90. The molecule has 2 aliphatic rings. The second kappa shape index (κ2) is 5.44. The number of nitrogen functional groups attached to an aromatic ring is 1. The minimum Gasteiger partial charge on any atom is -0.454 e. The maximum absolute atomic E-state index is 12.3. The highest BCUT2D eigenvalue weighted by atomic mass is 16.7. The zero-order valence-electron chi connectivity index (χ0n) is 12.1. The summed E-state index contributed by atoms with van der Waals surface area (Å²) in [7, 11) is 0. The van der Waals surface area contributed by atoms with Crippen LogP contribution < -0.4 is 20.5 Å². The largest absolute Gasteiger partial charge is 0.454 e. The van der Waals surface area contributed by atoms with E-state index in [1.165, 1.54) is 0 Å². The fourth-order valence-electron chi connectivity index (χ4n) is 2.58. The molecule has 21 heavy (non-hydrogen) atoms. The minimum absolute atomic E-state index is 0.0824. The lowest BCUT2D eigenvalue weighted by Gasteiger charge is -2.33. The molecule has 0 aliphatic carbocycles. The quantitative estimate of drug-likeness (QED) is 0.826. The van der Waals surface area contributed by atoms with Crippen LogP contribution in [0.3, 0.4) is 0 Å². The van der Waals surface area contributed by atoms with E-state index in [0.717, 1.165) is 26.1 Å². The molecule has 1 amide bonds. The summed E-state index contributed by atoms with van der Waals surface area (Å²) in [6.07, 6.45) is 1.90. The first-order valence-corrected chi connectivity index (χ1v) is 7.12. The van der Waals surface area contributed by atoms with Crippen molar-refractivity contribution in [3.8, 4) is 11.5 Å². The molecule has 114 valence electrons. The summed E-state index contributed by atoms with van der Waals surface area (Å²) in [5.74, 6) is 0.964. The number of benzene rings is 1. The van der Waals surface area contributed by atoms with Gasteiger partial charge in [-0.15, -0.1) is 0 Å². The van der Waals surface area contributed by atoms with Crippen LogP contribution >= 0.6 is 0 Å². The van der Waals surface area contributed by atoms with Crippen LogP contribution in [0.5, 0.6) is 11.5 Å². The van der Waals surface area contributed by atoms with Gasteiger partial charge in [0.1, 0.15) is 0 Å². The van der Waals surface area contributed by atoms with Crippen molar-refractivity contribution in [2.24, 2.45) is 5.41 Å². The van der Waals surface area contributed by atoms with Gasteiger partial charge >= 0.3 is 0 Å². The van der Waals surface area contributed by atoms with Crippen LogP contribution in [0.25, 0.3) is 0 Å². The zero-order valence-corrected chi connectivity index (χ0v) is 12.1. The summed E-state index contributed by atoms with van der Waals surface area (Å²) in [5.41, 5.74) is 6.83. The number of carbonyl (C=O) groups is 1. The molecule has 1 fully saturated rings. The van der Waals surface area contributed by atoms with E-state index in [1.54, 1.807) is 12.1 Å². The number of carbonyl (C=O) groups excluding carboxylic acids is 1. The van der Waals surface area contributed by atoms with Crippen LogP contribution in [0.15, 0.2) is 12.1 Å². The zero-order chi connectivity index (χ0) is 14.9. The Hall–Kier alpha value is -1.95. The van der Waals surface area contributed by atoms with Crippen molar-refractivity contribution < 1.29 is 19.0 Å². The van der Waals surface area contributed by atoms with Crippen molar-refractivity contribution in [1.82, 2.24) is 5.32 Å². The lowest BCUT2D eigenvalue weighted by Crippen LogP contribution is -2.39. The van der Waals surface area contributed by atoms with Crippen LogP contribution in [0, 0.1) is 5.41 Å². The van der Waals surface area contributed by atoms with Gasteiger partial charge < -0.3 is 25.3 Å². The molecule has 6 nitrogen and oxygen atoms in total. The van der Waals surface area contributed by atoms with Gasteiger partial charge in [-0.25, -0.2) is 0 Å². The van der Waals surface area contributed by atoms with E-state index >= 15 is 0 Å². The van der Waals surface area contributed by atoms with E-state index in [1.807, 2.05) is 0 Å². The number of anilines is 1. The van der Waals surface area contributed by atoms with E-state index < -0.39 is 0 Å².